The van der Waals surface area contributed by atoms with E-state index in [1.807, 2.05) is 0 Å². The predicted molar refractivity (Wildman–Crippen MR) is 79.4 cm³/mol. The second-order valence-corrected chi connectivity index (χ2v) is 5.69. The Morgan fingerprint density at radius 3 is 2.64 bits per heavy atom. The molecule has 0 spiro atoms. The zero-order chi connectivity index (χ0) is 16.3. The number of carboxylic acid groups (broad SMARTS) is 1. The van der Waals surface area contributed by atoms with E-state index in [0.29, 0.717) is 36.9 Å². The number of carbonyl (C=O) groups excluding carboxylic acids is 1. The van der Waals surface area contributed by atoms with Crippen molar-refractivity contribution < 1.29 is 23.8 Å². The highest BCUT2D eigenvalue weighted by atomic mass is 19.1. The highest BCUT2D eigenvalue weighted by molar-refractivity contribution is 5.93. The molecule has 2 unspecified atom stereocenters. The molecular formula is C16H20FNO4. The van der Waals surface area contributed by atoms with Crippen LogP contribution in [0, 0.1) is 24.6 Å². The molecule has 1 fully saturated rings. The van der Waals surface area contributed by atoms with Crippen molar-refractivity contribution in [1.82, 2.24) is 0 Å². The lowest BCUT2D eigenvalue weighted by Gasteiger charge is -2.26. The van der Waals surface area contributed by atoms with E-state index in [-0.39, 0.29) is 17.6 Å². The quantitative estimate of drug-likeness (QED) is 0.896. The van der Waals surface area contributed by atoms with E-state index < -0.39 is 17.7 Å². The maximum atomic E-state index is 13.7. The Kier molecular flexibility index (Phi) is 5.00. The van der Waals surface area contributed by atoms with Gasteiger partial charge in [-0.2, -0.15) is 0 Å². The minimum Gasteiger partial charge on any atom is -0.494 e. The number of carbonyl (C=O) groups is 2. The SMILES string of the molecule is COc1cc(C)c(NC(=O)C2CCCC(C(=O)O)C2)cc1F. The normalized spacial score (nSPS) is 21.2. The third kappa shape index (κ3) is 3.55. The number of anilines is 1. The molecule has 1 aliphatic rings. The molecule has 5 nitrogen and oxygen atoms in total. The van der Waals surface area contributed by atoms with Gasteiger partial charge in [0.1, 0.15) is 0 Å². The van der Waals surface area contributed by atoms with E-state index in [1.54, 1.807) is 6.92 Å². The van der Waals surface area contributed by atoms with E-state index in [2.05, 4.69) is 5.32 Å². The minimum absolute atomic E-state index is 0.124. The summed E-state index contributed by atoms with van der Waals surface area (Å²) in [6, 6.07) is 2.75. The Morgan fingerprint density at radius 2 is 2.00 bits per heavy atom. The number of rotatable bonds is 4. The fourth-order valence-electron chi connectivity index (χ4n) is 2.83. The topological polar surface area (TPSA) is 75.6 Å². The number of amides is 1. The molecule has 0 saturated heterocycles. The van der Waals surface area contributed by atoms with Crippen LogP contribution in [0.25, 0.3) is 0 Å². The monoisotopic (exact) mass is 309 g/mol. The Labute approximate surface area is 128 Å². The van der Waals surface area contributed by atoms with E-state index in [0.717, 1.165) is 0 Å². The summed E-state index contributed by atoms with van der Waals surface area (Å²) in [5, 5.41) is 11.8. The van der Waals surface area contributed by atoms with Crippen molar-refractivity contribution in [3.8, 4) is 5.75 Å². The van der Waals surface area contributed by atoms with E-state index in [9.17, 15) is 14.0 Å². The molecule has 1 aliphatic carbocycles. The molecule has 1 saturated carbocycles. The predicted octanol–water partition coefficient (Wildman–Crippen LogP) is 2.97. The molecule has 1 aromatic carbocycles. The summed E-state index contributed by atoms with van der Waals surface area (Å²) in [6.07, 6.45) is 2.31. The Hall–Kier alpha value is -2.11. The molecule has 22 heavy (non-hydrogen) atoms. The summed E-state index contributed by atoms with van der Waals surface area (Å²) >= 11 is 0. The van der Waals surface area contributed by atoms with E-state index in [1.165, 1.54) is 19.2 Å². The van der Waals surface area contributed by atoms with Crippen LogP contribution in [0.15, 0.2) is 12.1 Å². The van der Waals surface area contributed by atoms with Gasteiger partial charge in [-0.25, -0.2) is 4.39 Å². The standard InChI is InChI=1S/C16H20FNO4/c1-9-6-14(22-2)12(17)8-13(9)18-15(19)10-4-3-5-11(7-10)16(20)21/h6,8,10-11H,3-5,7H2,1-2H3,(H,18,19)(H,20,21). The van der Waals surface area contributed by atoms with Crippen LogP contribution in [0.1, 0.15) is 31.2 Å². The summed E-state index contributed by atoms with van der Waals surface area (Å²) in [5.41, 5.74) is 1.08. The summed E-state index contributed by atoms with van der Waals surface area (Å²) in [5.74, 6) is -2.35. The Bertz CT molecular complexity index is 588. The molecule has 1 aromatic rings. The Morgan fingerprint density at radius 1 is 1.32 bits per heavy atom. The van der Waals surface area contributed by atoms with Gasteiger partial charge in [0, 0.05) is 17.7 Å². The van der Waals surface area contributed by atoms with Crippen LogP contribution < -0.4 is 10.1 Å². The van der Waals surface area contributed by atoms with Crippen molar-refractivity contribution in [2.24, 2.45) is 11.8 Å². The van der Waals surface area contributed by atoms with Crippen LogP contribution in [-0.4, -0.2) is 24.1 Å². The van der Waals surface area contributed by atoms with Crippen molar-refractivity contribution in [3.63, 3.8) is 0 Å². The van der Waals surface area contributed by atoms with Gasteiger partial charge < -0.3 is 15.2 Å². The van der Waals surface area contributed by atoms with Gasteiger partial charge in [0.05, 0.1) is 13.0 Å². The van der Waals surface area contributed by atoms with Gasteiger partial charge in [0.25, 0.3) is 0 Å². The van der Waals surface area contributed by atoms with Crippen molar-refractivity contribution >= 4 is 17.6 Å². The lowest BCUT2D eigenvalue weighted by Crippen LogP contribution is -2.31. The molecular weight excluding hydrogens is 289 g/mol. The van der Waals surface area contributed by atoms with Crippen molar-refractivity contribution in [1.29, 1.82) is 0 Å². The molecule has 2 N–H and O–H groups in total. The van der Waals surface area contributed by atoms with Gasteiger partial charge in [-0.15, -0.1) is 0 Å². The number of hydrogen-bond acceptors (Lipinski definition) is 3. The number of benzene rings is 1. The van der Waals surface area contributed by atoms with Crippen molar-refractivity contribution in [3.05, 3.63) is 23.5 Å². The van der Waals surface area contributed by atoms with Crippen molar-refractivity contribution in [2.75, 3.05) is 12.4 Å². The third-order valence-corrected chi connectivity index (χ3v) is 4.15. The molecule has 0 radical (unpaired) electrons. The largest absolute Gasteiger partial charge is 0.494 e. The summed E-state index contributed by atoms with van der Waals surface area (Å²) in [6.45, 7) is 1.75. The van der Waals surface area contributed by atoms with Crippen LogP contribution in [0.5, 0.6) is 5.75 Å². The zero-order valence-corrected chi connectivity index (χ0v) is 12.7. The molecule has 2 atom stereocenters. The van der Waals surface area contributed by atoms with Gasteiger partial charge in [0.2, 0.25) is 5.91 Å². The molecule has 120 valence electrons. The first kappa shape index (κ1) is 16.3. The number of nitrogens with one attached hydrogen (secondary N) is 1. The first-order chi connectivity index (χ1) is 10.4. The molecule has 0 aromatic heterocycles. The third-order valence-electron chi connectivity index (χ3n) is 4.15. The fourth-order valence-corrected chi connectivity index (χ4v) is 2.83. The maximum absolute atomic E-state index is 13.7. The van der Waals surface area contributed by atoms with Gasteiger partial charge in [-0.05, 0) is 37.8 Å². The summed E-state index contributed by atoms with van der Waals surface area (Å²) < 4.78 is 18.6. The lowest BCUT2D eigenvalue weighted by molar-refractivity contribution is -0.143. The molecule has 6 heteroatoms. The highest BCUT2D eigenvalue weighted by Gasteiger charge is 2.31. The zero-order valence-electron chi connectivity index (χ0n) is 12.7. The van der Waals surface area contributed by atoms with Gasteiger partial charge in [-0.3, -0.25) is 9.59 Å². The number of hydrogen-bond donors (Lipinski definition) is 2. The van der Waals surface area contributed by atoms with E-state index in [4.69, 9.17) is 9.84 Å². The number of aliphatic carboxylic acids is 1. The molecule has 0 aliphatic heterocycles. The van der Waals surface area contributed by atoms with Crippen LogP contribution in [0.2, 0.25) is 0 Å². The summed E-state index contributed by atoms with van der Waals surface area (Å²) in [7, 11) is 1.38. The number of halogens is 1. The molecule has 1 amide bonds. The molecule has 0 bridgehead atoms. The molecule has 0 heterocycles. The first-order valence-electron chi connectivity index (χ1n) is 7.30. The molecule has 2 rings (SSSR count). The van der Waals surface area contributed by atoms with E-state index >= 15 is 0 Å². The van der Waals surface area contributed by atoms with Crippen LogP contribution in [0.4, 0.5) is 10.1 Å². The second-order valence-electron chi connectivity index (χ2n) is 5.69. The van der Waals surface area contributed by atoms with Crippen LogP contribution in [0.3, 0.4) is 0 Å². The van der Waals surface area contributed by atoms with Gasteiger partial charge in [0.15, 0.2) is 11.6 Å². The highest BCUT2D eigenvalue weighted by Crippen LogP contribution is 2.31. The minimum atomic E-state index is -0.857. The second kappa shape index (κ2) is 6.77. The Balaban J connectivity index is 2.08. The fraction of sp³-hybridized carbons (Fsp3) is 0.500. The number of methoxy groups -OCH3 is 1. The van der Waals surface area contributed by atoms with Crippen LogP contribution >= 0.6 is 0 Å². The average Bonchev–Trinajstić information content (AvgIpc) is 2.50. The average molecular weight is 309 g/mol. The maximum Gasteiger partial charge on any atom is 0.306 e. The number of carboxylic acids is 1. The van der Waals surface area contributed by atoms with Gasteiger partial charge in [-0.1, -0.05) is 6.42 Å². The van der Waals surface area contributed by atoms with Gasteiger partial charge >= 0.3 is 5.97 Å². The first-order valence-corrected chi connectivity index (χ1v) is 7.30. The van der Waals surface area contributed by atoms with Crippen molar-refractivity contribution in [2.45, 2.75) is 32.6 Å². The van der Waals surface area contributed by atoms with Crippen LogP contribution in [-0.2, 0) is 9.59 Å². The number of ether oxygens (including phenoxy) is 1. The smallest absolute Gasteiger partial charge is 0.306 e. The number of aryl methyl sites for hydroxylation is 1. The lowest BCUT2D eigenvalue weighted by atomic mass is 9.81. The summed E-state index contributed by atoms with van der Waals surface area (Å²) in [4.78, 5) is 23.4.